The lowest BCUT2D eigenvalue weighted by Crippen LogP contribution is -2.32. The van der Waals surface area contributed by atoms with Crippen LogP contribution >= 0.6 is 11.6 Å². The van der Waals surface area contributed by atoms with Crippen molar-refractivity contribution in [1.82, 2.24) is 14.5 Å². The van der Waals surface area contributed by atoms with E-state index in [1.54, 1.807) is 13.0 Å². The van der Waals surface area contributed by atoms with Crippen molar-refractivity contribution in [2.45, 2.75) is 33.4 Å². The highest BCUT2D eigenvalue weighted by molar-refractivity contribution is 6.31. The third-order valence-corrected chi connectivity index (χ3v) is 5.20. The van der Waals surface area contributed by atoms with Crippen LogP contribution in [0.5, 0.6) is 5.75 Å². The summed E-state index contributed by atoms with van der Waals surface area (Å²) in [5.41, 5.74) is 2.59. The maximum atomic E-state index is 13.8. The van der Waals surface area contributed by atoms with E-state index in [4.69, 9.17) is 16.3 Å². The first-order valence-electron chi connectivity index (χ1n) is 9.23. The maximum absolute atomic E-state index is 13.8. The first-order chi connectivity index (χ1) is 14.1. The molecule has 0 radical (unpaired) electrons. The second-order valence-corrected chi connectivity index (χ2v) is 7.67. The largest absolute Gasteiger partial charge is 0.485 e. The van der Waals surface area contributed by atoms with Gasteiger partial charge in [0, 0.05) is 31.1 Å². The van der Waals surface area contributed by atoms with Gasteiger partial charge in [-0.15, -0.1) is 0 Å². The summed E-state index contributed by atoms with van der Waals surface area (Å²) in [6.45, 7) is 9.31. The Bertz CT molecular complexity index is 1140. The Labute approximate surface area is 178 Å². The number of pyridine rings is 2. The molecular formula is C22H22ClF2N3O2. The lowest BCUT2D eigenvalue weighted by Gasteiger charge is -2.31. The average molecular weight is 434 g/mol. The number of hydrogen-bond acceptors (Lipinski definition) is 4. The first kappa shape index (κ1) is 21.8. The van der Waals surface area contributed by atoms with E-state index in [1.165, 1.54) is 4.57 Å². The Hall–Kier alpha value is -2.93. The molecular weight excluding hydrogens is 412 g/mol. The molecule has 1 aliphatic rings. The summed E-state index contributed by atoms with van der Waals surface area (Å²) >= 11 is 6.29. The van der Waals surface area contributed by atoms with Gasteiger partial charge >= 0.3 is 0 Å². The van der Waals surface area contributed by atoms with Crippen molar-refractivity contribution in [3.8, 4) is 5.75 Å². The van der Waals surface area contributed by atoms with Gasteiger partial charge in [-0.25, -0.2) is 8.78 Å². The van der Waals surface area contributed by atoms with Gasteiger partial charge in [0.15, 0.2) is 5.82 Å². The first-order valence-corrected chi connectivity index (χ1v) is 9.61. The zero-order chi connectivity index (χ0) is 22.2. The summed E-state index contributed by atoms with van der Waals surface area (Å²) in [4.78, 5) is 18.7. The van der Waals surface area contributed by atoms with E-state index in [-0.39, 0.29) is 29.1 Å². The van der Waals surface area contributed by atoms with Crippen molar-refractivity contribution in [2.75, 3.05) is 7.05 Å². The van der Waals surface area contributed by atoms with Crippen molar-refractivity contribution in [3.63, 3.8) is 0 Å². The van der Waals surface area contributed by atoms with Crippen LogP contribution in [0.4, 0.5) is 8.78 Å². The van der Waals surface area contributed by atoms with Gasteiger partial charge in [-0.05, 0) is 32.4 Å². The molecule has 2 aromatic rings. The van der Waals surface area contributed by atoms with Crippen LogP contribution in [0.3, 0.4) is 0 Å². The van der Waals surface area contributed by atoms with Crippen molar-refractivity contribution in [1.29, 1.82) is 0 Å². The zero-order valence-corrected chi connectivity index (χ0v) is 17.9. The number of allylic oxidation sites excluding steroid dienone is 2. The number of ether oxygens (including phenoxy) is 1. The molecule has 158 valence electrons. The summed E-state index contributed by atoms with van der Waals surface area (Å²) in [5, 5.41) is -0.136. The molecule has 30 heavy (non-hydrogen) atoms. The third-order valence-electron chi connectivity index (χ3n) is 4.85. The van der Waals surface area contributed by atoms with Gasteiger partial charge in [-0.1, -0.05) is 23.8 Å². The van der Waals surface area contributed by atoms with E-state index in [9.17, 15) is 13.6 Å². The smallest absolute Gasteiger partial charge is 0.277 e. The van der Waals surface area contributed by atoms with Crippen molar-refractivity contribution in [2.24, 2.45) is 0 Å². The van der Waals surface area contributed by atoms with E-state index >= 15 is 0 Å². The Morgan fingerprint density at radius 1 is 1.33 bits per heavy atom. The monoisotopic (exact) mass is 433 g/mol. The molecule has 5 nitrogen and oxygen atoms in total. The quantitative estimate of drug-likeness (QED) is 0.641. The normalized spacial score (nSPS) is 16.2. The average Bonchev–Trinajstić information content (AvgIpc) is 2.66. The molecule has 0 amide bonds. The minimum atomic E-state index is -0.834. The highest BCUT2D eigenvalue weighted by Gasteiger charge is 2.23. The number of aromatic nitrogens is 2. The molecule has 0 bridgehead atoms. The summed E-state index contributed by atoms with van der Waals surface area (Å²) in [5.74, 6) is -1.51. The molecule has 0 saturated heterocycles. The van der Waals surface area contributed by atoms with Crippen molar-refractivity contribution in [3.05, 3.63) is 86.7 Å². The van der Waals surface area contributed by atoms with Crippen LogP contribution in [0, 0.1) is 18.6 Å². The van der Waals surface area contributed by atoms with Crippen LogP contribution < -0.4 is 10.3 Å². The highest BCUT2D eigenvalue weighted by atomic mass is 35.5. The van der Waals surface area contributed by atoms with Crippen molar-refractivity contribution < 1.29 is 13.5 Å². The van der Waals surface area contributed by atoms with Gasteiger partial charge in [0.05, 0.1) is 17.9 Å². The molecule has 3 heterocycles. The van der Waals surface area contributed by atoms with Crippen LogP contribution in [0.2, 0.25) is 5.02 Å². The number of likely N-dealkylation sites (N-methyl/N-ethyl adjacent to an activating group) is 1. The summed E-state index contributed by atoms with van der Waals surface area (Å²) in [6, 6.07) is 2.26. The molecule has 0 aliphatic carbocycles. The molecule has 2 aromatic heterocycles. The zero-order valence-electron chi connectivity index (χ0n) is 17.2. The van der Waals surface area contributed by atoms with E-state index in [1.807, 2.05) is 38.1 Å². The van der Waals surface area contributed by atoms with Crippen molar-refractivity contribution >= 4 is 17.3 Å². The summed E-state index contributed by atoms with van der Waals surface area (Å²) in [6.07, 6.45) is 4.80. The molecule has 8 heteroatoms. The van der Waals surface area contributed by atoms with Gasteiger partial charge in [-0.3, -0.25) is 14.3 Å². The molecule has 0 unspecified atom stereocenters. The van der Waals surface area contributed by atoms with Gasteiger partial charge in [0.1, 0.15) is 28.9 Å². The van der Waals surface area contributed by atoms with Crippen LogP contribution in [0.1, 0.15) is 25.2 Å². The highest BCUT2D eigenvalue weighted by Crippen LogP contribution is 2.29. The molecule has 0 aromatic carbocycles. The predicted octanol–water partition coefficient (Wildman–Crippen LogP) is 4.70. The lowest BCUT2D eigenvalue weighted by molar-refractivity contribution is 0.292. The summed E-state index contributed by atoms with van der Waals surface area (Å²) < 4.78 is 33.8. The van der Waals surface area contributed by atoms with Gasteiger partial charge in [-0.2, -0.15) is 0 Å². The third kappa shape index (κ3) is 4.16. The molecule has 0 spiro atoms. The Morgan fingerprint density at radius 2 is 2.03 bits per heavy atom. The number of aryl methyl sites for hydroxylation is 1. The van der Waals surface area contributed by atoms with Gasteiger partial charge in [0.25, 0.3) is 5.56 Å². The van der Waals surface area contributed by atoms with Gasteiger partial charge in [0.2, 0.25) is 0 Å². The van der Waals surface area contributed by atoms with Crippen LogP contribution in [0.15, 0.2) is 53.1 Å². The van der Waals surface area contributed by atoms with E-state index in [2.05, 4.69) is 11.6 Å². The lowest BCUT2D eigenvalue weighted by atomic mass is 10.0. The summed E-state index contributed by atoms with van der Waals surface area (Å²) in [7, 11) is 1.94. The number of halogens is 3. The Balaban J connectivity index is 1.97. The fourth-order valence-corrected chi connectivity index (χ4v) is 3.57. The number of nitrogens with zero attached hydrogens (tertiary/aromatic N) is 3. The predicted molar refractivity (Wildman–Crippen MR) is 113 cm³/mol. The molecule has 1 aliphatic heterocycles. The fourth-order valence-electron chi connectivity index (χ4n) is 3.37. The Morgan fingerprint density at radius 3 is 2.67 bits per heavy atom. The van der Waals surface area contributed by atoms with E-state index < -0.39 is 17.2 Å². The minimum absolute atomic E-state index is 0.0581. The van der Waals surface area contributed by atoms with E-state index in [0.717, 1.165) is 23.4 Å². The number of hydrogen-bond donors (Lipinski definition) is 0. The second kappa shape index (κ2) is 8.44. The molecule has 0 N–H and O–H groups in total. The molecule has 3 rings (SSSR count). The standard InChI is InChI=1S/C22H22ClF2N3O2/c1-12(2)18-8-19(13(3)10-27(18)5)28-14(4)6-20(21(23)22(28)29)30-11-17-16(25)7-15(24)9-26-17/h6-10,18H,1,11H2,2-5H3/t18-/m1/s1. The maximum Gasteiger partial charge on any atom is 0.277 e. The number of rotatable bonds is 5. The van der Waals surface area contributed by atoms with Crippen LogP contribution in [-0.4, -0.2) is 27.5 Å². The van der Waals surface area contributed by atoms with Crippen LogP contribution in [-0.2, 0) is 6.61 Å². The molecule has 1 atom stereocenters. The van der Waals surface area contributed by atoms with Crippen LogP contribution in [0.25, 0.3) is 5.70 Å². The fraction of sp³-hybridized carbons (Fsp3) is 0.273. The minimum Gasteiger partial charge on any atom is -0.485 e. The topological polar surface area (TPSA) is 47.4 Å². The molecule has 0 saturated carbocycles. The SMILES string of the molecule is C=C(C)[C@H]1C=C(n2c(C)cc(OCc3ncc(F)cc3F)c(Cl)c2=O)C(C)=CN1C. The van der Waals surface area contributed by atoms with E-state index in [0.29, 0.717) is 11.4 Å². The molecule has 0 fully saturated rings. The second-order valence-electron chi connectivity index (χ2n) is 7.30. The van der Waals surface area contributed by atoms with Gasteiger partial charge < -0.3 is 9.64 Å². The Kier molecular flexibility index (Phi) is 6.12.